The van der Waals surface area contributed by atoms with Gasteiger partial charge in [0, 0.05) is 24.7 Å². The van der Waals surface area contributed by atoms with Crippen molar-refractivity contribution in [3.63, 3.8) is 0 Å². The molecular weight excluding hydrogens is 228 g/mol. The van der Waals surface area contributed by atoms with Crippen LogP contribution in [0.5, 0.6) is 0 Å². The van der Waals surface area contributed by atoms with Gasteiger partial charge in [-0.2, -0.15) is 0 Å². The van der Waals surface area contributed by atoms with Gasteiger partial charge in [-0.05, 0) is 24.7 Å². The van der Waals surface area contributed by atoms with Gasteiger partial charge < -0.3 is 5.32 Å². The van der Waals surface area contributed by atoms with E-state index in [9.17, 15) is 10.1 Å². The number of benzene rings is 1. The SMILES string of the molecule is CCC1(CNCc2ccccc2[N+](=O)[O-])CCC1. The fourth-order valence-electron chi connectivity index (χ4n) is 2.63. The maximum atomic E-state index is 10.9. The summed E-state index contributed by atoms with van der Waals surface area (Å²) in [6, 6.07) is 6.95. The lowest BCUT2D eigenvalue weighted by Gasteiger charge is -2.41. The minimum Gasteiger partial charge on any atom is -0.312 e. The van der Waals surface area contributed by atoms with E-state index < -0.39 is 0 Å². The average Bonchev–Trinajstić information content (AvgIpc) is 2.33. The van der Waals surface area contributed by atoms with Crippen molar-refractivity contribution < 1.29 is 4.92 Å². The Morgan fingerprint density at radius 2 is 2.11 bits per heavy atom. The van der Waals surface area contributed by atoms with Gasteiger partial charge >= 0.3 is 0 Å². The Bertz CT molecular complexity index is 422. The van der Waals surface area contributed by atoms with Crippen LogP contribution < -0.4 is 5.32 Å². The van der Waals surface area contributed by atoms with Crippen molar-refractivity contribution in [2.75, 3.05) is 6.54 Å². The molecular formula is C14H20N2O2. The molecule has 18 heavy (non-hydrogen) atoms. The maximum Gasteiger partial charge on any atom is 0.273 e. The van der Waals surface area contributed by atoms with Crippen molar-refractivity contribution in [1.82, 2.24) is 5.32 Å². The number of hydrogen-bond donors (Lipinski definition) is 1. The van der Waals surface area contributed by atoms with Gasteiger partial charge in [0.25, 0.3) is 5.69 Å². The summed E-state index contributed by atoms with van der Waals surface area (Å²) in [5.41, 5.74) is 1.43. The summed E-state index contributed by atoms with van der Waals surface area (Å²) in [6.45, 7) is 3.78. The molecule has 0 amide bonds. The van der Waals surface area contributed by atoms with Crippen molar-refractivity contribution in [2.24, 2.45) is 5.41 Å². The van der Waals surface area contributed by atoms with Crippen LogP contribution in [0.15, 0.2) is 24.3 Å². The van der Waals surface area contributed by atoms with Crippen LogP contribution in [0.25, 0.3) is 0 Å². The molecule has 0 spiro atoms. The quantitative estimate of drug-likeness (QED) is 0.621. The molecule has 1 aromatic carbocycles. The van der Waals surface area contributed by atoms with Crippen molar-refractivity contribution >= 4 is 5.69 Å². The largest absolute Gasteiger partial charge is 0.312 e. The van der Waals surface area contributed by atoms with Crippen LogP contribution in [0.3, 0.4) is 0 Å². The third-order valence-corrected chi connectivity index (χ3v) is 4.17. The molecule has 1 N–H and O–H groups in total. The lowest BCUT2D eigenvalue weighted by atomic mass is 9.67. The molecule has 0 aliphatic heterocycles. The minimum absolute atomic E-state index is 0.212. The van der Waals surface area contributed by atoms with Gasteiger partial charge in [0.15, 0.2) is 0 Å². The van der Waals surface area contributed by atoms with Gasteiger partial charge in [-0.25, -0.2) is 0 Å². The lowest BCUT2D eigenvalue weighted by Crippen LogP contribution is -2.39. The van der Waals surface area contributed by atoms with Gasteiger partial charge in [0.05, 0.1) is 4.92 Å². The normalized spacial score (nSPS) is 17.2. The number of nitro benzene ring substituents is 1. The summed E-state index contributed by atoms with van der Waals surface area (Å²) >= 11 is 0. The Morgan fingerprint density at radius 1 is 1.39 bits per heavy atom. The molecule has 1 fully saturated rings. The van der Waals surface area contributed by atoms with Crippen molar-refractivity contribution in [3.8, 4) is 0 Å². The number of hydrogen-bond acceptors (Lipinski definition) is 3. The van der Waals surface area contributed by atoms with Crippen molar-refractivity contribution in [2.45, 2.75) is 39.2 Å². The number of nitrogens with one attached hydrogen (secondary N) is 1. The first kappa shape index (κ1) is 13.0. The van der Waals surface area contributed by atoms with E-state index in [4.69, 9.17) is 0 Å². The van der Waals surface area contributed by atoms with Crippen LogP contribution in [0.2, 0.25) is 0 Å². The molecule has 2 rings (SSSR count). The van der Waals surface area contributed by atoms with Crippen LogP contribution in [0, 0.1) is 15.5 Å². The van der Waals surface area contributed by atoms with E-state index in [1.807, 2.05) is 12.1 Å². The molecule has 0 bridgehead atoms. The van der Waals surface area contributed by atoms with E-state index in [0.29, 0.717) is 12.0 Å². The zero-order chi connectivity index (χ0) is 13.0. The van der Waals surface area contributed by atoms with Gasteiger partial charge in [0.1, 0.15) is 0 Å². The van der Waals surface area contributed by atoms with E-state index in [2.05, 4.69) is 12.2 Å². The van der Waals surface area contributed by atoms with Crippen LogP contribution in [-0.4, -0.2) is 11.5 Å². The van der Waals surface area contributed by atoms with Crippen molar-refractivity contribution in [1.29, 1.82) is 0 Å². The molecule has 0 radical (unpaired) electrons. The molecule has 1 saturated carbocycles. The van der Waals surface area contributed by atoms with E-state index in [0.717, 1.165) is 12.1 Å². The second kappa shape index (κ2) is 5.48. The fraction of sp³-hybridized carbons (Fsp3) is 0.571. The summed E-state index contributed by atoms with van der Waals surface area (Å²) in [6.07, 6.45) is 5.08. The zero-order valence-corrected chi connectivity index (χ0v) is 10.8. The molecule has 0 saturated heterocycles. The molecule has 1 aliphatic carbocycles. The van der Waals surface area contributed by atoms with Gasteiger partial charge in [-0.1, -0.05) is 31.5 Å². The van der Waals surface area contributed by atoms with Crippen LogP contribution in [-0.2, 0) is 6.54 Å². The second-order valence-electron chi connectivity index (χ2n) is 5.20. The smallest absolute Gasteiger partial charge is 0.273 e. The van der Waals surface area contributed by atoms with Crippen molar-refractivity contribution in [3.05, 3.63) is 39.9 Å². The Kier molecular flexibility index (Phi) is 3.97. The molecule has 0 aromatic heterocycles. The number of nitrogens with zero attached hydrogens (tertiary/aromatic N) is 1. The predicted octanol–water partition coefficient (Wildman–Crippen LogP) is 3.26. The fourth-order valence-corrected chi connectivity index (χ4v) is 2.63. The standard InChI is InChI=1S/C14H20N2O2/c1-2-14(8-5-9-14)11-15-10-12-6-3-4-7-13(12)16(17)18/h3-4,6-7,15H,2,5,8-11H2,1H3. The van der Waals surface area contributed by atoms with Crippen LogP contribution in [0.1, 0.15) is 38.2 Å². The second-order valence-corrected chi connectivity index (χ2v) is 5.20. The van der Waals surface area contributed by atoms with Crippen LogP contribution in [0.4, 0.5) is 5.69 Å². The number of rotatable bonds is 6. The van der Waals surface area contributed by atoms with E-state index >= 15 is 0 Å². The average molecular weight is 248 g/mol. The third-order valence-electron chi connectivity index (χ3n) is 4.17. The highest BCUT2D eigenvalue weighted by Crippen LogP contribution is 2.43. The monoisotopic (exact) mass is 248 g/mol. The lowest BCUT2D eigenvalue weighted by molar-refractivity contribution is -0.385. The van der Waals surface area contributed by atoms with E-state index in [-0.39, 0.29) is 10.6 Å². The Labute approximate surface area is 108 Å². The zero-order valence-electron chi connectivity index (χ0n) is 10.8. The summed E-state index contributed by atoms with van der Waals surface area (Å²) in [5.74, 6) is 0. The number of para-hydroxylation sites is 1. The molecule has 1 aliphatic rings. The topological polar surface area (TPSA) is 55.2 Å². The molecule has 4 nitrogen and oxygen atoms in total. The summed E-state index contributed by atoms with van der Waals surface area (Å²) < 4.78 is 0. The molecule has 1 aromatic rings. The van der Waals surface area contributed by atoms with Gasteiger partial charge in [0.2, 0.25) is 0 Å². The first-order chi connectivity index (χ1) is 8.67. The maximum absolute atomic E-state index is 10.9. The van der Waals surface area contributed by atoms with Gasteiger partial charge in [-0.3, -0.25) is 10.1 Å². The van der Waals surface area contributed by atoms with Crippen LogP contribution >= 0.6 is 0 Å². The third kappa shape index (κ3) is 2.70. The Morgan fingerprint density at radius 3 is 2.67 bits per heavy atom. The number of nitro groups is 1. The van der Waals surface area contributed by atoms with Gasteiger partial charge in [-0.15, -0.1) is 0 Å². The molecule has 4 heteroatoms. The highest BCUT2D eigenvalue weighted by molar-refractivity contribution is 5.39. The Balaban J connectivity index is 1.92. The molecule has 0 heterocycles. The molecule has 0 unspecified atom stereocenters. The predicted molar refractivity (Wildman–Crippen MR) is 71.4 cm³/mol. The van der Waals surface area contributed by atoms with E-state index in [1.165, 1.54) is 25.7 Å². The molecule has 0 atom stereocenters. The summed E-state index contributed by atoms with van der Waals surface area (Å²) in [5, 5.41) is 14.3. The molecule has 98 valence electrons. The summed E-state index contributed by atoms with van der Waals surface area (Å²) in [7, 11) is 0. The Hall–Kier alpha value is -1.42. The van der Waals surface area contributed by atoms with E-state index in [1.54, 1.807) is 12.1 Å². The summed E-state index contributed by atoms with van der Waals surface area (Å²) in [4.78, 5) is 10.6. The minimum atomic E-state index is -0.310. The highest BCUT2D eigenvalue weighted by Gasteiger charge is 2.34. The first-order valence-corrected chi connectivity index (χ1v) is 6.60. The first-order valence-electron chi connectivity index (χ1n) is 6.60. The highest BCUT2D eigenvalue weighted by atomic mass is 16.6.